The molecule has 1 aromatic heterocycles. The second kappa shape index (κ2) is 8.85. The third-order valence-electron chi connectivity index (χ3n) is 4.78. The molecule has 1 atom stereocenters. The Hall–Kier alpha value is -3.22. The Bertz CT molecular complexity index is 1170. The topological polar surface area (TPSA) is 45.6 Å². The second-order valence-electron chi connectivity index (χ2n) is 7.21. The lowest BCUT2D eigenvalue weighted by Gasteiger charge is -2.26. The number of anilines is 1. The summed E-state index contributed by atoms with van der Waals surface area (Å²) in [4.78, 5) is 4.20. The maximum absolute atomic E-state index is 13.4. The number of benzene rings is 2. The van der Waals surface area contributed by atoms with Gasteiger partial charge in [-0.15, -0.1) is 13.2 Å². The summed E-state index contributed by atoms with van der Waals surface area (Å²) in [6.07, 6.45) is -17.0. The number of alkyl halides is 9. The van der Waals surface area contributed by atoms with Crippen molar-refractivity contribution in [3.63, 3.8) is 0 Å². The molecule has 4 nitrogen and oxygen atoms in total. The van der Waals surface area contributed by atoms with Gasteiger partial charge in [-0.25, -0.2) is 4.98 Å². The molecule has 0 radical (unpaired) electrons. The number of aliphatic hydroxyl groups excluding tert-OH is 1. The molecule has 1 heterocycles. The smallest absolute Gasteiger partial charge is 0.404 e. The van der Waals surface area contributed by atoms with Gasteiger partial charge in [0.2, 0.25) is 0 Å². The van der Waals surface area contributed by atoms with Crippen LogP contribution in [0.3, 0.4) is 0 Å². The van der Waals surface area contributed by atoms with Crippen LogP contribution in [0.4, 0.5) is 45.2 Å². The quantitative estimate of drug-likeness (QED) is 0.417. The highest BCUT2D eigenvalue weighted by atomic mass is 19.4. The van der Waals surface area contributed by atoms with E-state index in [9.17, 15) is 44.6 Å². The van der Waals surface area contributed by atoms with Gasteiger partial charge >= 0.3 is 18.7 Å². The Labute approximate surface area is 186 Å². The van der Waals surface area contributed by atoms with Crippen LogP contribution in [0.1, 0.15) is 22.9 Å². The molecule has 2 aromatic carbocycles. The minimum Gasteiger partial charge on any atom is -0.404 e. The summed E-state index contributed by atoms with van der Waals surface area (Å²) in [6.45, 7) is -0.578. The minimum absolute atomic E-state index is 0.163. The number of aromatic nitrogens is 1. The number of halogens is 9. The molecule has 3 rings (SSSR count). The highest BCUT2D eigenvalue weighted by Gasteiger charge is 2.38. The number of nitrogens with zero attached hydrogens (tertiary/aromatic N) is 2. The molecule has 184 valence electrons. The van der Waals surface area contributed by atoms with Crippen molar-refractivity contribution in [1.29, 1.82) is 0 Å². The average molecular weight is 498 g/mol. The Kier molecular flexibility index (Phi) is 6.62. The van der Waals surface area contributed by atoms with E-state index in [0.29, 0.717) is 12.1 Å². The number of rotatable bonds is 5. The third-order valence-corrected chi connectivity index (χ3v) is 4.78. The molecule has 0 spiro atoms. The van der Waals surface area contributed by atoms with E-state index in [4.69, 9.17) is 0 Å². The van der Waals surface area contributed by atoms with Gasteiger partial charge in [0, 0.05) is 19.0 Å². The lowest BCUT2D eigenvalue weighted by molar-refractivity contribution is -0.274. The SMILES string of the molecule is CN(CC(O)c1cc(C(F)(F)F)nc2c(C(F)(F)F)cccc12)c1ccccc1OC(F)(F)F. The van der Waals surface area contributed by atoms with Crippen molar-refractivity contribution in [2.75, 3.05) is 18.5 Å². The highest BCUT2D eigenvalue weighted by molar-refractivity contribution is 5.86. The van der Waals surface area contributed by atoms with Crippen LogP contribution in [0, 0.1) is 0 Å². The van der Waals surface area contributed by atoms with Gasteiger partial charge in [0.25, 0.3) is 0 Å². The molecular weight excluding hydrogens is 483 g/mol. The van der Waals surface area contributed by atoms with Crippen molar-refractivity contribution in [2.24, 2.45) is 0 Å². The Morgan fingerprint density at radius 3 is 2.15 bits per heavy atom. The van der Waals surface area contributed by atoms with Gasteiger partial charge < -0.3 is 14.7 Å². The van der Waals surface area contributed by atoms with Crippen molar-refractivity contribution < 1.29 is 49.4 Å². The summed E-state index contributed by atoms with van der Waals surface area (Å²) in [5.74, 6) is -0.639. The van der Waals surface area contributed by atoms with E-state index in [-0.39, 0.29) is 11.1 Å². The van der Waals surface area contributed by atoms with E-state index < -0.39 is 59.5 Å². The predicted molar refractivity (Wildman–Crippen MR) is 103 cm³/mol. The van der Waals surface area contributed by atoms with E-state index in [1.165, 1.54) is 25.2 Å². The van der Waals surface area contributed by atoms with Gasteiger partial charge in [0.1, 0.15) is 5.69 Å². The summed E-state index contributed by atoms with van der Waals surface area (Å²) in [5.41, 5.74) is -4.79. The summed E-state index contributed by atoms with van der Waals surface area (Å²) in [5, 5.41) is 10.3. The lowest BCUT2D eigenvalue weighted by atomic mass is 9.99. The zero-order valence-electron chi connectivity index (χ0n) is 17.1. The second-order valence-corrected chi connectivity index (χ2v) is 7.21. The summed E-state index contributed by atoms with van der Waals surface area (Å²) in [7, 11) is 1.23. The molecule has 13 heteroatoms. The molecule has 0 amide bonds. The monoisotopic (exact) mass is 498 g/mol. The van der Waals surface area contributed by atoms with Gasteiger partial charge in [-0.2, -0.15) is 26.3 Å². The Morgan fingerprint density at radius 2 is 1.56 bits per heavy atom. The molecule has 0 aliphatic carbocycles. The number of para-hydroxylation sites is 3. The van der Waals surface area contributed by atoms with Crippen LogP contribution in [0.5, 0.6) is 5.75 Å². The fraction of sp³-hybridized carbons (Fsp3) is 0.286. The van der Waals surface area contributed by atoms with Gasteiger partial charge in [-0.3, -0.25) is 0 Å². The van der Waals surface area contributed by atoms with Crippen molar-refractivity contribution in [1.82, 2.24) is 4.98 Å². The zero-order chi connectivity index (χ0) is 25.5. The molecule has 1 N–H and O–H groups in total. The predicted octanol–water partition coefficient (Wildman–Crippen LogP) is 6.34. The average Bonchev–Trinajstić information content (AvgIpc) is 2.70. The fourth-order valence-corrected chi connectivity index (χ4v) is 3.36. The van der Waals surface area contributed by atoms with Crippen LogP contribution < -0.4 is 9.64 Å². The first-order valence-corrected chi connectivity index (χ1v) is 9.40. The third kappa shape index (κ3) is 5.64. The highest BCUT2D eigenvalue weighted by Crippen LogP contribution is 2.39. The zero-order valence-corrected chi connectivity index (χ0v) is 17.1. The van der Waals surface area contributed by atoms with Crippen LogP contribution in [0.25, 0.3) is 10.9 Å². The normalized spacial score (nSPS) is 13.7. The van der Waals surface area contributed by atoms with Crippen LogP contribution >= 0.6 is 0 Å². The largest absolute Gasteiger partial charge is 0.573 e. The molecule has 0 aliphatic rings. The van der Waals surface area contributed by atoms with Gasteiger partial charge in [-0.05, 0) is 29.8 Å². The number of ether oxygens (including phenoxy) is 1. The van der Waals surface area contributed by atoms with Crippen molar-refractivity contribution >= 4 is 16.6 Å². The van der Waals surface area contributed by atoms with E-state index in [1.807, 2.05) is 0 Å². The number of hydrogen-bond acceptors (Lipinski definition) is 4. The Balaban J connectivity index is 2.07. The van der Waals surface area contributed by atoms with E-state index >= 15 is 0 Å². The standard InChI is InChI=1S/C21H15F9N2O2/c1-32(14-7-2-3-8-16(14)34-21(28,29)30)10-15(33)12-9-17(20(25,26)27)31-18-11(12)5-4-6-13(18)19(22,23)24/h2-9,15,33H,10H2,1H3. The minimum atomic E-state index is -5.12. The molecule has 0 saturated heterocycles. The molecule has 0 bridgehead atoms. The van der Waals surface area contributed by atoms with Gasteiger partial charge in [0.05, 0.1) is 22.9 Å². The molecule has 34 heavy (non-hydrogen) atoms. The maximum atomic E-state index is 13.4. The van der Waals surface area contributed by atoms with E-state index in [0.717, 1.165) is 23.1 Å². The number of fused-ring (bicyclic) bond motifs is 1. The van der Waals surface area contributed by atoms with Crippen LogP contribution in [0.2, 0.25) is 0 Å². The molecule has 0 fully saturated rings. The Morgan fingerprint density at radius 1 is 0.912 bits per heavy atom. The van der Waals surface area contributed by atoms with Crippen molar-refractivity contribution in [2.45, 2.75) is 24.8 Å². The molecular formula is C21H15F9N2O2. The van der Waals surface area contributed by atoms with Crippen LogP contribution in [-0.2, 0) is 12.4 Å². The van der Waals surface area contributed by atoms with Crippen molar-refractivity contribution in [3.05, 3.63) is 65.4 Å². The fourth-order valence-electron chi connectivity index (χ4n) is 3.36. The molecule has 0 aliphatic heterocycles. The molecule has 0 saturated carbocycles. The summed E-state index contributed by atoms with van der Waals surface area (Å²) >= 11 is 0. The number of aliphatic hydroxyl groups is 1. The van der Waals surface area contributed by atoms with Gasteiger partial charge in [0.15, 0.2) is 5.75 Å². The maximum Gasteiger partial charge on any atom is 0.573 e. The molecule has 1 unspecified atom stereocenters. The number of pyridine rings is 1. The first kappa shape index (κ1) is 25.4. The van der Waals surface area contributed by atoms with E-state index in [2.05, 4.69) is 9.72 Å². The summed E-state index contributed by atoms with van der Waals surface area (Å²) in [6, 6.07) is 7.80. The van der Waals surface area contributed by atoms with Gasteiger partial charge in [-0.1, -0.05) is 24.3 Å². The first-order chi connectivity index (χ1) is 15.6. The number of hydrogen-bond donors (Lipinski definition) is 1. The van der Waals surface area contributed by atoms with Crippen LogP contribution in [0.15, 0.2) is 48.5 Å². The van der Waals surface area contributed by atoms with E-state index in [1.54, 1.807) is 0 Å². The number of likely N-dealkylation sites (N-methyl/N-ethyl adjacent to an activating group) is 1. The lowest BCUT2D eigenvalue weighted by Crippen LogP contribution is -2.26. The first-order valence-electron chi connectivity index (χ1n) is 9.40. The van der Waals surface area contributed by atoms with Crippen molar-refractivity contribution in [3.8, 4) is 5.75 Å². The van der Waals surface area contributed by atoms with Crippen LogP contribution in [-0.4, -0.2) is 30.0 Å². The molecule has 3 aromatic rings. The summed E-state index contributed by atoms with van der Waals surface area (Å²) < 4.78 is 122.